The minimum absolute atomic E-state index is 0.00990. The van der Waals surface area contributed by atoms with E-state index in [0.29, 0.717) is 11.3 Å². The Kier molecular flexibility index (Phi) is 7.24. The second-order valence-corrected chi connectivity index (χ2v) is 8.95. The molecule has 33 heavy (non-hydrogen) atoms. The highest BCUT2D eigenvalue weighted by Crippen LogP contribution is 2.20. The van der Waals surface area contributed by atoms with E-state index in [2.05, 4.69) is 10.0 Å². The van der Waals surface area contributed by atoms with Crippen LogP contribution in [-0.4, -0.2) is 32.8 Å². The van der Waals surface area contributed by atoms with E-state index in [1.807, 2.05) is 13.0 Å². The van der Waals surface area contributed by atoms with Crippen LogP contribution in [0.15, 0.2) is 77.7 Å². The van der Waals surface area contributed by atoms with Gasteiger partial charge in [-0.2, -0.15) is 0 Å². The van der Waals surface area contributed by atoms with E-state index in [4.69, 9.17) is 4.74 Å². The van der Waals surface area contributed by atoms with Gasteiger partial charge in [0, 0.05) is 11.3 Å². The lowest BCUT2D eigenvalue weighted by molar-refractivity contribution is -0.123. The van der Waals surface area contributed by atoms with Crippen LogP contribution in [0.5, 0.6) is 0 Å². The molecule has 0 bridgehead atoms. The molecule has 9 heteroatoms. The molecule has 0 saturated heterocycles. The summed E-state index contributed by atoms with van der Waals surface area (Å²) in [4.78, 5) is 36.4. The zero-order valence-electron chi connectivity index (χ0n) is 18.0. The minimum Gasteiger partial charge on any atom is -0.452 e. The zero-order chi connectivity index (χ0) is 24.0. The quantitative estimate of drug-likeness (QED) is 0.516. The Hall–Kier alpha value is -3.98. The number of hydrogen-bond donors (Lipinski definition) is 2. The highest BCUT2D eigenvalue weighted by molar-refractivity contribution is 7.92. The first-order chi connectivity index (χ1) is 15.7. The second kappa shape index (κ2) is 10.1. The number of amides is 2. The predicted octanol–water partition coefficient (Wildman–Crippen LogP) is 3.22. The van der Waals surface area contributed by atoms with Crippen LogP contribution >= 0.6 is 0 Å². The lowest BCUT2D eigenvalue weighted by Crippen LogP contribution is -2.34. The predicted molar refractivity (Wildman–Crippen MR) is 122 cm³/mol. The number of imide groups is 1. The monoisotopic (exact) mass is 466 g/mol. The molecular weight excluding hydrogens is 444 g/mol. The Balaban J connectivity index is 1.67. The van der Waals surface area contributed by atoms with Gasteiger partial charge in [0.15, 0.2) is 6.61 Å². The van der Waals surface area contributed by atoms with E-state index in [0.717, 1.165) is 5.56 Å². The molecule has 0 spiro atoms. The van der Waals surface area contributed by atoms with Crippen molar-refractivity contribution in [2.24, 2.45) is 0 Å². The van der Waals surface area contributed by atoms with Gasteiger partial charge in [0.05, 0.1) is 10.5 Å². The Morgan fingerprint density at radius 1 is 0.879 bits per heavy atom. The summed E-state index contributed by atoms with van der Waals surface area (Å²) < 4.78 is 33.0. The fourth-order valence-electron chi connectivity index (χ4n) is 2.94. The van der Waals surface area contributed by atoms with Gasteiger partial charge in [-0.05, 0) is 61.4 Å². The molecule has 3 aromatic carbocycles. The number of ether oxygens (including phenoxy) is 1. The first-order valence-corrected chi connectivity index (χ1v) is 11.4. The third-order valence-electron chi connectivity index (χ3n) is 4.63. The summed E-state index contributed by atoms with van der Waals surface area (Å²) in [5, 5.41) is 2.12. The summed E-state index contributed by atoms with van der Waals surface area (Å²) in [6.07, 6.45) is 0. The average Bonchev–Trinajstić information content (AvgIpc) is 2.78. The summed E-state index contributed by atoms with van der Waals surface area (Å²) in [6, 6.07) is 19.0. The van der Waals surface area contributed by atoms with Crippen molar-refractivity contribution in [2.45, 2.75) is 18.7 Å². The maximum absolute atomic E-state index is 12.8. The number of sulfonamides is 1. The second-order valence-electron chi connectivity index (χ2n) is 7.27. The summed E-state index contributed by atoms with van der Waals surface area (Å²) in [6.45, 7) is 2.75. The molecule has 2 amide bonds. The van der Waals surface area contributed by atoms with Crippen molar-refractivity contribution in [2.75, 3.05) is 11.3 Å². The average molecular weight is 467 g/mol. The number of esters is 1. The third kappa shape index (κ3) is 6.27. The highest BCUT2D eigenvalue weighted by atomic mass is 32.2. The fourth-order valence-corrected chi connectivity index (χ4v) is 4.02. The number of rotatable bonds is 7. The van der Waals surface area contributed by atoms with Crippen molar-refractivity contribution in [1.29, 1.82) is 0 Å². The topological polar surface area (TPSA) is 119 Å². The van der Waals surface area contributed by atoms with Gasteiger partial charge < -0.3 is 4.74 Å². The van der Waals surface area contributed by atoms with Crippen molar-refractivity contribution in [3.63, 3.8) is 0 Å². The molecule has 0 unspecified atom stereocenters. The van der Waals surface area contributed by atoms with Crippen LogP contribution in [0.4, 0.5) is 5.69 Å². The molecule has 0 aliphatic rings. The molecule has 0 saturated carbocycles. The van der Waals surface area contributed by atoms with Crippen LogP contribution in [0.3, 0.4) is 0 Å². The number of carbonyl (C=O) groups is 3. The highest BCUT2D eigenvalue weighted by Gasteiger charge is 2.20. The fraction of sp³-hybridized carbons (Fsp3) is 0.125. The molecule has 0 aliphatic carbocycles. The van der Waals surface area contributed by atoms with Crippen molar-refractivity contribution in [3.05, 3.63) is 95.1 Å². The van der Waals surface area contributed by atoms with E-state index in [1.54, 1.807) is 43.3 Å². The molecule has 3 rings (SSSR count). The number of nitrogens with one attached hydrogen (secondary N) is 2. The van der Waals surface area contributed by atoms with Gasteiger partial charge >= 0.3 is 5.97 Å². The standard InChI is InChI=1S/C24H22N2O6S/c1-16-7-6-10-19(13-16)26-33(30,31)20-12-11-17(2)21(14-20)24(29)32-15-22(27)25-23(28)18-8-4-3-5-9-18/h3-14,26H,15H2,1-2H3,(H,25,27,28). The van der Waals surface area contributed by atoms with Crippen LogP contribution in [0.2, 0.25) is 0 Å². The van der Waals surface area contributed by atoms with Gasteiger partial charge in [0.25, 0.3) is 21.8 Å². The van der Waals surface area contributed by atoms with Crippen molar-refractivity contribution in [3.8, 4) is 0 Å². The number of carbonyl (C=O) groups excluding carboxylic acids is 3. The van der Waals surface area contributed by atoms with Gasteiger partial charge in [-0.25, -0.2) is 13.2 Å². The Morgan fingerprint density at radius 2 is 1.61 bits per heavy atom. The molecule has 0 heterocycles. The molecule has 0 radical (unpaired) electrons. The largest absolute Gasteiger partial charge is 0.452 e. The van der Waals surface area contributed by atoms with Gasteiger partial charge in [-0.3, -0.25) is 19.6 Å². The number of anilines is 1. The lowest BCUT2D eigenvalue weighted by atomic mass is 10.1. The van der Waals surface area contributed by atoms with E-state index < -0.39 is 34.4 Å². The molecule has 8 nitrogen and oxygen atoms in total. The van der Waals surface area contributed by atoms with Crippen molar-refractivity contribution >= 4 is 33.5 Å². The van der Waals surface area contributed by atoms with Crippen LogP contribution in [0, 0.1) is 13.8 Å². The van der Waals surface area contributed by atoms with Crippen LogP contribution in [-0.2, 0) is 19.6 Å². The summed E-state index contributed by atoms with van der Waals surface area (Å²) in [5.74, 6) is -2.31. The Bertz CT molecular complexity index is 1300. The number of benzene rings is 3. The molecule has 0 aliphatic heterocycles. The summed E-state index contributed by atoms with van der Waals surface area (Å²) in [5.41, 5.74) is 2.01. The van der Waals surface area contributed by atoms with Gasteiger partial charge in [-0.15, -0.1) is 0 Å². The molecule has 170 valence electrons. The lowest BCUT2D eigenvalue weighted by Gasteiger charge is -2.12. The maximum atomic E-state index is 12.8. The Labute approximate surface area is 191 Å². The first-order valence-electron chi connectivity index (χ1n) is 9.92. The Morgan fingerprint density at radius 3 is 2.30 bits per heavy atom. The molecular formula is C24H22N2O6S. The summed E-state index contributed by atoms with van der Waals surface area (Å²) >= 11 is 0. The van der Waals surface area contributed by atoms with Gasteiger partial charge in [0.2, 0.25) is 0 Å². The van der Waals surface area contributed by atoms with E-state index in [1.165, 1.54) is 30.3 Å². The molecule has 0 fully saturated rings. The zero-order valence-corrected chi connectivity index (χ0v) is 18.8. The van der Waals surface area contributed by atoms with Gasteiger partial charge in [0.1, 0.15) is 0 Å². The minimum atomic E-state index is -3.96. The smallest absolute Gasteiger partial charge is 0.338 e. The van der Waals surface area contributed by atoms with Crippen LogP contribution < -0.4 is 10.0 Å². The first kappa shape index (κ1) is 23.7. The third-order valence-corrected chi connectivity index (χ3v) is 6.01. The molecule has 0 aromatic heterocycles. The van der Waals surface area contributed by atoms with Crippen LogP contribution in [0.1, 0.15) is 31.8 Å². The summed E-state index contributed by atoms with van der Waals surface area (Å²) in [7, 11) is -3.96. The van der Waals surface area contributed by atoms with Crippen molar-refractivity contribution in [1.82, 2.24) is 5.32 Å². The van der Waals surface area contributed by atoms with E-state index in [9.17, 15) is 22.8 Å². The maximum Gasteiger partial charge on any atom is 0.338 e. The van der Waals surface area contributed by atoms with E-state index in [-0.39, 0.29) is 16.0 Å². The molecule has 2 N–H and O–H groups in total. The molecule has 3 aromatic rings. The SMILES string of the molecule is Cc1cccc(NS(=O)(=O)c2ccc(C)c(C(=O)OCC(=O)NC(=O)c3ccccc3)c2)c1. The number of aryl methyl sites for hydroxylation is 2. The normalized spacial score (nSPS) is 10.8. The van der Waals surface area contributed by atoms with Gasteiger partial charge in [-0.1, -0.05) is 36.4 Å². The molecule has 0 atom stereocenters. The van der Waals surface area contributed by atoms with Crippen molar-refractivity contribution < 1.29 is 27.5 Å². The number of hydrogen-bond acceptors (Lipinski definition) is 6. The van der Waals surface area contributed by atoms with Crippen LogP contribution in [0.25, 0.3) is 0 Å². The van der Waals surface area contributed by atoms with E-state index >= 15 is 0 Å².